The van der Waals surface area contributed by atoms with E-state index in [9.17, 15) is 13.2 Å². The van der Waals surface area contributed by atoms with Gasteiger partial charge in [0.1, 0.15) is 0 Å². The van der Waals surface area contributed by atoms with Crippen molar-refractivity contribution in [2.75, 3.05) is 32.4 Å². The molecular formula is C13H24N2O4S. The minimum Gasteiger partial charge on any atom is -0.372 e. The topological polar surface area (TPSA) is 66.9 Å². The van der Waals surface area contributed by atoms with Crippen LogP contribution in [-0.2, 0) is 19.6 Å². The summed E-state index contributed by atoms with van der Waals surface area (Å²) in [7, 11) is -3.21. The number of morpholine rings is 1. The quantitative estimate of drug-likeness (QED) is 0.735. The van der Waals surface area contributed by atoms with E-state index in [0.29, 0.717) is 26.2 Å². The molecule has 2 aliphatic rings. The molecular weight excluding hydrogens is 280 g/mol. The van der Waals surface area contributed by atoms with Gasteiger partial charge in [0.2, 0.25) is 15.9 Å². The molecule has 2 rings (SSSR count). The summed E-state index contributed by atoms with van der Waals surface area (Å²) in [6.45, 7) is 5.95. The summed E-state index contributed by atoms with van der Waals surface area (Å²) in [5.41, 5.74) is 0. The number of carbonyl (C=O) groups excluding carboxylic acids is 1. The fraction of sp³-hybridized carbons (Fsp3) is 0.923. The summed E-state index contributed by atoms with van der Waals surface area (Å²) in [5.74, 6) is -0.142. The van der Waals surface area contributed by atoms with Gasteiger partial charge in [-0.1, -0.05) is 0 Å². The molecule has 2 aliphatic heterocycles. The lowest BCUT2D eigenvalue weighted by Gasteiger charge is -2.39. The van der Waals surface area contributed by atoms with Crippen LogP contribution in [0.3, 0.4) is 0 Å². The fourth-order valence-electron chi connectivity index (χ4n) is 3.06. The first-order chi connectivity index (χ1) is 9.27. The van der Waals surface area contributed by atoms with Crippen LogP contribution in [-0.4, -0.2) is 68.2 Å². The number of nitrogens with zero attached hydrogens (tertiary/aromatic N) is 2. The van der Waals surface area contributed by atoms with E-state index in [1.165, 1.54) is 10.6 Å². The van der Waals surface area contributed by atoms with Crippen molar-refractivity contribution in [2.45, 2.75) is 38.9 Å². The average Bonchev–Trinajstić information content (AvgIpc) is 2.36. The molecule has 2 saturated heterocycles. The third-order valence-electron chi connectivity index (χ3n) is 3.93. The molecule has 0 N–H and O–H groups in total. The van der Waals surface area contributed by atoms with E-state index in [4.69, 9.17) is 4.74 Å². The van der Waals surface area contributed by atoms with Crippen molar-refractivity contribution in [3.63, 3.8) is 0 Å². The van der Waals surface area contributed by atoms with Crippen LogP contribution in [0.4, 0.5) is 0 Å². The average molecular weight is 304 g/mol. The minimum atomic E-state index is -3.21. The number of rotatable bonds is 2. The predicted octanol–water partition coefficient (Wildman–Crippen LogP) is 0.294. The molecule has 0 aromatic carbocycles. The van der Waals surface area contributed by atoms with E-state index in [-0.39, 0.29) is 24.0 Å². The van der Waals surface area contributed by atoms with E-state index < -0.39 is 10.0 Å². The Hall–Kier alpha value is -0.660. The van der Waals surface area contributed by atoms with Crippen LogP contribution in [0, 0.1) is 5.92 Å². The first-order valence-corrected chi connectivity index (χ1v) is 9.01. The van der Waals surface area contributed by atoms with Crippen molar-refractivity contribution in [3.8, 4) is 0 Å². The van der Waals surface area contributed by atoms with Crippen molar-refractivity contribution in [1.29, 1.82) is 0 Å². The zero-order valence-corrected chi connectivity index (χ0v) is 13.2. The van der Waals surface area contributed by atoms with E-state index in [2.05, 4.69) is 0 Å². The Morgan fingerprint density at radius 2 is 1.75 bits per heavy atom. The number of hydrogen-bond donors (Lipinski definition) is 0. The van der Waals surface area contributed by atoms with Crippen LogP contribution in [0.2, 0.25) is 0 Å². The summed E-state index contributed by atoms with van der Waals surface area (Å²) in [6.07, 6.45) is 2.80. The number of piperidine rings is 1. The molecule has 0 radical (unpaired) electrons. The lowest BCUT2D eigenvalue weighted by Crippen LogP contribution is -2.52. The van der Waals surface area contributed by atoms with Gasteiger partial charge < -0.3 is 9.64 Å². The smallest absolute Gasteiger partial charge is 0.227 e. The minimum absolute atomic E-state index is 0.0392. The van der Waals surface area contributed by atoms with Gasteiger partial charge >= 0.3 is 0 Å². The Balaban J connectivity index is 2.01. The Labute approximate surface area is 121 Å². The highest BCUT2D eigenvalue weighted by molar-refractivity contribution is 7.88. The summed E-state index contributed by atoms with van der Waals surface area (Å²) < 4.78 is 30.3. The Morgan fingerprint density at radius 1 is 1.15 bits per heavy atom. The molecule has 0 aliphatic carbocycles. The number of hydrogen-bond acceptors (Lipinski definition) is 4. The Bertz CT molecular complexity index is 455. The third kappa shape index (κ3) is 3.71. The molecule has 2 heterocycles. The van der Waals surface area contributed by atoms with Crippen LogP contribution >= 0.6 is 0 Å². The highest BCUT2D eigenvalue weighted by atomic mass is 32.2. The monoisotopic (exact) mass is 304 g/mol. The molecule has 0 bridgehead atoms. The van der Waals surface area contributed by atoms with Gasteiger partial charge in [0.25, 0.3) is 0 Å². The first kappa shape index (κ1) is 15.7. The van der Waals surface area contributed by atoms with Gasteiger partial charge in [-0.25, -0.2) is 12.7 Å². The van der Waals surface area contributed by atoms with Crippen molar-refractivity contribution >= 4 is 15.9 Å². The second kappa shape index (κ2) is 5.99. The van der Waals surface area contributed by atoms with Crippen molar-refractivity contribution in [3.05, 3.63) is 0 Å². The van der Waals surface area contributed by atoms with Crippen LogP contribution in [0.1, 0.15) is 26.7 Å². The van der Waals surface area contributed by atoms with Crippen molar-refractivity contribution in [1.82, 2.24) is 9.21 Å². The van der Waals surface area contributed by atoms with E-state index in [1.54, 1.807) is 0 Å². The van der Waals surface area contributed by atoms with Gasteiger partial charge in [0, 0.05) is 26.2 Å². The summed E-state index contributed by atoms with van der Waals surface area (Å²) in [4.78, 5) is 14.4. The largest absolute Gasteiger partial charge is 0.372 e. The number of sulfonamides is 1. The van der Waals surface area contributed by atoms with Crippen molar-refractivity contribution < 1.29 is 17.9 Å². The summed E-state index contributed by atoms with van der Waals surface area (Å²) in [5, 5.41) is 0. The molecule has 6 nitrogen and oxygen atoms in total. The highest BCUT2D eigenvalue weighted by Crippen LogP contribution is 2.22. The van der Waals surface area contributed by atoms with Crippen LogP contribution in [0.15, 0.2) is 0 Å². The fourth-order valence-corrected chi connectivity index (χ4v) is 3.97. The second-order valence-electron chi connectivity index (χ2n) is 5.96. The summed E-state index contributed by atoms with van der Waals surface area (Å²) in [6, 6.07) is 0. The lowest BCUT2D eigenvalue weighted by molar-refractivity contribution is -0.148. The molecule has 116 valence electrons. The molecule has 20 heavy (non-hydrogen) atoms. The standard InChI is InChI=1S/C13H24N2O4S/c1-10-7-14(8-11(2)19-10)13(16)12-5-4-6-15(9-12)20(3,17)18/h10-12H,4-9H2,1-3H3/t10-,11+,12-/m1/s1. The molecule has 0 aromatic rings. The van der Waals surface area contributed by atoms with Gasteiger partial charge in [0.15, 0.2) is 0 Å². The predicted molar refractivity (Wildman–Crippen MR) is 75.7 cm³/mol. The normalized spacial score (nSPS) is 33.1. The first-order valence-electron chi connectivity index (χ1n) is 7.16. The lowest BCUT2D eigenvalue weighted by atomic mass is 9.97. The third-order valence-corrected chi connectivity index (χ3v) is 5.20. The maximum absolute atomic E-state index is 12.6. The van der Waals surface area contributed by atoms with E-state index in [1.807, 2.05) is 18.7 Å². The van der Waals surface area contributed by atoms with Crippen molar-refractivity contribution in [2.24, 2.45) is 5.92 Å². The SMILES string of the molecule is C[C@@H]1CN(C(=O)[C@@H]2CCCN(S(C)(=O)=O)C2)C[C@H](C)O1. The molecule has 2 fully saturated rings. The number of amides is 1. The number of carbonyl (C=O) groups is 1. The van der Waals surface area contributed by atoms with E-state index >= 15 is 0 Å². The van der Waals surface area contributed by atoms with Gasteiger partial charge in [-0.15, -0.1) is 0 Å². The zero-order chi connectivity index (χ0) is 14.9. The van der Waals surface area contributed by atoms with E-state index in [0.717, 1.165) is 12.8 Å². The van der Waals surface area contributed by atoms with Crippen LogP contribution in [0.25, 0.3) is 0 Å². The zero-order valence-electron chi connectivity index (χ0n) is 12.4. The Kier molecular flexibility index (Phi) is 4.71. The molecule has 7 heteroatoms. The molecule has 3 atom stereocenters. The molecule has 0 aromatic heterocycles. The molecule has 0 unspecified atom stereocenters. The van der Waals surface area contributed by atoms with Crippen LogP contribution < -0.4 is 0 Å². The molecule has 0 saturated carbocycles. The highest BCUT2D eigenvalue weighted by Gasteiger charge is 2.35. The summed E-state index contributed by atoms with van der Waals surface area (Å²) >= 11 is 0. The van der Waals surface area contributed by atoms with Crippen LogP contribution in [0.5, 0.6) is 0 Å². The van der Waals surface area contributed by atoms with Gasteiger partial charge in [-0.3, -0.25) is 4.79 Å². The maximum Gasteiger partial charge on any atom is 0.227 e. The maximum atomic E-state index is 12.6. The Morgan fingerprint density at radius 3 is 2.30 bits per heavy atom. The second-order valence-corrected chi connectivity index (χ2v) is 7.94. The van der Waals surface area contributed by atoms with Gasteiger partial charge in [0.05, 0.1) is 24.4 Å². The number of ether oxygens (including phenoxy) is 1. The molecule has 1 amide bonds. The van der Waals surface area contributed by atoms with Gasteiger partial charge in [-0.05, 0) is 26.7 Å². The van der Waals surface area contributed by atoms with Gasteiger partial charge in [-0.2, -0.15) is 0 Å². The molecule has 0 spiro atoms.